The molecule has 0 spiro atoms. The quantitative estimate of drug-likeness (QED) is 0.0556. The summed E-state index contributed by atoms with van der Waals surface area (Å²) in [5.74, 6) is -0.618. The second-order valence-electron chi connectivity index (χ2n) is 19.0. The summed E-state index contributed by atoms with van der Waals surface area (Å²) in [6, 6.07) is 55.7. The molecule has 492 valence electrons. The summed E-state index contributed by atoms with van der Waals surface area (Å²) in [5.41, 5.74) is 5.04. The summed E-state index contributed by atoms with van der Waals surface area (Å²) in [4.78, 5) is 67.8. The summed E-state index contributed by atoms with van der Waals surface area (Å²) < 4.78 is 14.8. The van der Waals surface area contributed by atoms with Gasteiger partial charge in [0.25, 0.3) is 11.8 Å². The maximum absolute atomic E-state index is 12.9. The SMILES string of the molecule is C1CCOC1.C1CCOC1.C1CCOC1.C[C@@H](NC(=O)c1ccccc1N=Cc1c([O-])ccc2ccccc12)c1ccccc1.C[C@@H](NC(=O)c1ccccc1N=Cc1c([O-])ccc2ccccc12)c1ccccc1.O=[N+]([O-])[O-].O=[N+]([O-])[O-].O=[N+]([O-])[O-].O=[N+]([O-])[O-].[Fe+3].[Fe+3]. The maximum atomic E-state index is 12.9. The van der Waals surface area contributed by atoms with E-state index >= 15 is 0 Å². The first kappa shape index (κ1) is 80.9. The number of rotatable bonds is 10. The minimum absolute atomic E-state index is 0. The first-order valence-electron chi connectivity index (χ1n) is 28.0. The largest absolute Gasteiger partial charge is 3.00 e. The minimum Gasteiger partial charge on any atom is -0.872 e. The van der Waals surface area contributed by atoms with E-state index in [1.54, 1.807) is 73.1 Å². The Labute approximate surface area is 555 Å². The van der Waals surface area contributed by atoms with Crippen LogP contribution in [0.25, 0.3) is 21.5 Å². The van der Waals surface area contributed by atoms with Gasteiger partial charge in [0, 0.05) is 52.1 Å². The molecule has 2 atom stereocenters. The molecule has 27 nitrogen and oxygen atoms in total. The number of hydrogen-bond donors (Lipinski definition) is 2. The molecule has 0 bridgehead atoms. The van der Waals surface area contributed by atoms with Gasteiger partial charge in [0.1, 0.15) is 0 Å². The van der Waals surface area contributed by atoms with Gasteiger partial charge in [0.2, 0.25) is 0 Å². The first-order valence-corrected chi connectivity index (χ1v) is 28.0. The molecule has 3 aliphatic heterocycles. The van der Waals surface area contributed by atoms with Crippen LogP contribution >= 0.6 is 0 Å². The van der Waals surface area contributed by atoms with Crippen molar-refractivity contribution >= 4 is 57.2 Å². The van der Waals surface area contributed by atoms with E-state index in [2.05, 4.69) is 20.6 Å². The summed E-state index contributed by atoms with van der Waals surface area (Å²) >= 11 is 0. The molecule has 29 heteroatoms. The van der Waals surface area contributed by atoms with Crippen LogP contribution in [0.4, 0.5) is 11.4 Å². The number of fused-ring (bicyclic) bond motifs is 2. The zero-order chi connectivity index (χ0) is 66.8. The fourth-order valence-corrected chi connectivity index (χ4v) is 8.37. The van der Waals surface area contributed by atoms with Gasteiger partial charge in [-0.1, -0.05) is 169 Å². The predicted molar refractivity (Wildman–Crippen MR) is 340 cm³/mol. The van der Waals surface area contributed by atoms with Crippen LogP contribution in [-0.2, 0) is 48.3 Å². The van der Waals surface area contributed by atoms with E-state index in [4.69, 9.17) is 75.5 Å². The van der Waals surface area contributed by atoms with E-state index in [0.717, 1.165) is 72.3 Å². The van der Waals surface area contributed by atoms with Crippen molar-refractivity contribution in [2.45, 2.75) is 64.5 Å². The molecule has 3 heterocycles. The number of carbonyl (C=O) groups is 2. The van der Waals surface area contributed by atoms with E-state index < -0.39 is 20.3 Å². The van der Waals surface area contributed by atoms with Crippen LogP contribution in [0.3, 0.4) is 0 Å². The van der Waals surface area contributed by atoms with E-state index in [1.807, 2.05) is 135 Å². The molecular formula is C64H66Fe2N8O19. The van der Waals surface area contributed by atoms with Crippen molar-refractivity contribution in [3.8, 4) is 11.5 Å². The van der Waals surface area contributed by atoms with Crippen LogP contribution < -0.4 is 20.8 Å². The molecule has 0 unspecified atom stereocenters. The third kappa shape index (κ3) is 33.5. The van der Waals surface area contributed by atoms with E-state index in [1.165, 1.54) is 38.5 Å². The van der Waals surface area contributed by atoms with Gasteiger partial charge in [-0.2, -0.15) is 0 Å². The van der Waals surface area contributed by atoms with E-state index in [9.17, 15) is 19.8 Å². The van der Waals surface area contributed by atoms with Crippen molar-refractivity contribution in [2.24, 2.45) is 9.98 Å². The molecule has 3 aliphatic rings. The first-order chi connectivity index (χ1) is 43.7. The normalized spacial score (nSPS) is 12.8. The molecule has 3 saturated heterocycles. The average molecular weight is 1360 g/mol. The van der Waals surface area contributed by atoms with Crippen LogP contribution in [0, 0.1) is 61.3 Å². The molecular weight excluding hydrogens is 1300 g/mol. The molecule has 2 N–H and O–H groups in total. The van der Waals surface area contributed by atoms with E-state index in [0.29, 0.717) is 33.6 Å². The zero-order valence-electron chi connectivity index (χ0n) is 50.3. The van der Waals surface area contributed by atoms with Gasteiger partial charge in [-0.3, -0.25) is 19.6 Å². The summed E-state index contributed by atoms with van der Waals surface area (Å²) in [6.07, 6.45) is 10.8. The van der Waals surface area contributed by atoms with Crippen molar-refractivity contribution < 1.29 is 88.5 Å². The molecule has 2 amide bonds. The average Bonchev–Trinajstić information content (AvgIpc) is 1.23. The van der Waals surface area contributed by atoms with Gasteiger partial charge in [-0.15, -0.1) is 0 Å². The Morgan fingerprint density at radius 2 is 0.656 bits per heavy atom. The molecule has 0 saturated carbocycles. The zero-order valence-corrected chi connectivity index (χ0v) is 52.5. The molecule has 11 rings (SSSR count). The number of ether oxygens (including phenoxy) is 3. The molecule has 8 aromatic rings. The fraction of sp³-hybridized carbons (Fsp3) is 0.250. The Morgan fingerprint density at radius 3 is 0.935 bits per heavy atom. The van der Waals surface area contributed by atoms with Crippen LogP contribution in [-0.4, -0.2) is 84.2 Å². The van der Waals surface area contributed by atoms with Crippen molar-refractivity contribution in [2.75, 3.05) is 39.6 Å². The minimum atomic E-state index is -1.75. The monoisotopic (exact) mass is 1360 g/mol. The van der Waals surface area contributed by atoms with Crippen molar-refractivity contribution in [1.82, 2.24) is 10.6 Å². The Morgan fingerprint density at radius 1 is 0.398 bits per heavy atom. The van der Waals surface area contributed by atoms with Crippen molar-refractivity contribution in [1.29, 1.82) is 0 Å². The van der Waals surface area contributed by atoms with E-state index in [-0.39, 0.29) is 69.5 Å². The van der Waals surface area contributed by atoms with Gasteiger partial charge < -0.3 is 96.3 Å². The van der Waals surface area contributed by atoms with Gasteiger partial charge in [0.15, 0.2) is 0 Å². The number of hydrogen-bond acceptors (Lipinski definition) is 21. The molecule has 3 fully saturated rings. The molecule has 93 heavy (non-hydrogen) atoms. The predicted octanol–water partition coefficient (Wildman–Crippen LogP) is 11.7. The van der Waals surface area contributed by atoms with Crippen molar-refractivity contribution in [3.05, 3.63) is 277 Å². The summed E-state index contributed by atoms with van der Waals surface area (Å²) in [6.45, 7) is 9.89. The third-order valence-corrected chi connectivity index (χ3v) is 12.6. The number of para-hydroxylation sites is 2. The van der Waals surface area contributed by atoms with Gasteiger partial charge in [-0.25, -0.2) is 0 Å². The fourth-order valence-electron chi connectivity index (χ4n) is 8.37. The van der Waals surface area contributed by atoms with Crippen LogP contribution in [0.5, 0.6) is 11.5 Å². The number of nitrogens with one attached hydrogen (secondary N) is 2. The third-order valence-electron chi connectivity index (χ3n) is 12.6. The molecule has 8 aromatic carbocycles. The number of amides is 2. The Balaban J connectivity index is 0.000000629. The summed E-state index contributed by atoms with van der Waals surface area (Å²) in [5, 5.41) is 93.5. The number of carbonyl (C=O) groups excluding carboxylic acids is 2. The second kappa shape index (κ2) is 46.9. The van der Waals surface area contributed by atoms with Crippen LogP contribution in [0.1, 0.15) is 107 Å². The number of nitrogens with zero attached hydrogens (tertiary/aromatic N) is 6. The number of benzene rings is 8. The standard InChI is InChI=1S/2C26H22N2O2.3C4H8O.2Fe.4NO3/c2*1-18(19-9-3-2-4-10-19)28-26(30)22-13-7-8-14-24(22)27-17-23-21-12-6-5-11-20(21)15-16-25(23)29;3*1-2-4-5-3-1;;;4*2-1(3)4/h2*2-18,29H,1H3,(H,28,30);3*1-4H2;;;;;;/q;;;;;2*+3;4*-1/p-2/t2*18-;;;;;;;;;/m11........./s1. The summed E-state index contributed by atoms with van der Waals surface area (Å²) in [7, 11) is 0. The van der Waals surface area contributed by atoms with Crippen molar-refractivity contribution in [3.63, 3.8) is 0 Å². The second-order valence-corrected chi connectivity index (χ2v) is 19.0. The Kier molecular flexibility index (Phi) is 40.8. The van der Waals surface area contributed by atoms with Gasteiger partial charge >= 0.3 is 34.1 Å². The van der Waals surface area contributed by atoms with Gasteiger partial charge in [-0.05, 0) is 120 Å². The maximum Gasteiger partial charge on any atom is 3.00 e. The molecule has 0 aliphatic carbocycles. The van der Waals surface area contributed by atoms with Crippen LogP contribution in [0.2, 0.25) is 0 Å². The van der Waals surface area contributed by atoms with Gasteiger partial charge in [0.05, 0.1) is 54.9 Å². The molecule has 2 radical (unpaired) electrons. The number of aliphatic imine (C=N–C) groups is 2. The molecule has 0 aromatic heterocycles. The Hall–Kier alpha value is -10.1. The van der Waals surface area contributed by atoms with Crippen LogP contribution in [0.15, 0.2) is 192 Å². The smallest absolute Gasteiger partial charge is 0.872 e. The topological polar surface area (TPSA) is 422 Å². The Bertz CT molecular complexity index is 3280.